The Hall–Kier alpha value is -0.990. The molecule has 1 aliphatic rings. The lowest BCUT2D eigenvalue weighted by molar-refractivity contribution is -0.148. The van der Waals surface area contributed by atoms with Crippen LogP contribution in [-0.4, -0.2) is 19.7 Å². The molecule has 0 spiro atoms. The Balaban J connectivity index is 2.45. The summed E-state index contributed by atoms with van der Waals surface area (Å²) in [5.41, 5.74) is 0. The molecule has 1 atom stereocenters. The summed E-state index contributed by atoms with van der Waals surface area (Å²) in [4.78, 5) is 11.4. The highest BCUT2D eigenvalue weighted by molar-refractivity contribution is 5.72. The predicted octanol–water partition coefficient (Wildman–Crippen LogP) is 1.88. The van der Waals surface area contributed by atoms with Gasteiger partial charge in [-0.15, -0.1) is 0 Å². The van der Waals surface area contributed by atoms with Crippen LogP contribution in [-0.2, 0) is 14.3 Å². The molecule has 1 aliphatic carbocycles. The summed E-state index contributed by atoms with van der Waals surface area (Å²) in [7, 11) is 1.64. The number of allylic oxidation sites excluding steroid dienone is 2. The van der Waals surface area contributed by atoms with Gasteiger partial charge in [-0.05, 0) is 25.8 Å². The van der Waals surface area contributed by atoms with Crippen LogP contribution in [0.5, 0.6) is 0 Å². The van der Waals surface area contributed by atoms with Crippen molar-refractivity contribution in [1.82, 2.24) is 0 Å². The molecule has 74 valence electrons. The molecule has 0 aromatic carbocycles. The number of hydrogen-bond acceptors (Lipinski definition) is 3. The number of carbonyl (C=O) groups is 1. The zero-order valence-corrected chi connectivity index (χ0v) is 8.21. The van der Waals surface area contributed by atoms with Crippen LogP contribution in [0.1, 0.15) is 26.2 Å². The van der Waals surface area contributed by atoms with Crippen LogP contribution in [0.25, 0.3) is 0 Å². The maximum Gasteiger partial charge on any atom is 0.309 e. The van der Waals surface area contributed by atoms with Crippen molar-refractivity contribution in [2.24, 2.45) is 5.92 Å². The molecule has 0 aromatic heterocycles. The molecule has 3 heteroatoms. The molecule has 1 unspecified atom stereocenters. The highest BCUT2D eigenvalue weighted by Gasteiger charge is 2.23. The van der Waals surface area contributed by atoms with Gasteiger partial charge in [0.2, 0.25) is 0 Å². The predicted molar refractivity (Wildman–Crippen MR) is 49.1 cm³/mol. The lowest BCUT2D eigenvalue weighted by atomic mass is 9.93. The van der Waals surface area contributed by atoms with Crippen LogP contribution in [0.15, 0.2) is 11.8 Å². The van der Waals surface area contributed by atoms with Gasteiger partial charge in [0, 0.05) is 6.42 Å². The van der Waals surface area contributed by atoms with E-state index in [0.717, 1.165) is 18.6 Å². The molecular weight excluding hydrogens is 168 g/mol. The van der Waals surface area contributed by atoms with Gasteiger partial charge in [0.15, 0.2) is 0 Å². The van der Waals surface area contributed by atoms with Crippen LogP contribution in [0.4, 0.5) is 0 Å². The Morgan fingerprint density at radius 3 is 3.08 bits per heavy atom. The van der Waals surface area contributed by atoms with E-state index in [1.54, 1.807) is 7.11 Å². The van der Waals surface area contributed by atoms with E-state index in [9.17, 15) is 4.79 Å². The average Bonchev–Trinajstić information content (AvgIpc) is 2.18. The largest absolute Gasteiger partial charge is 0.501 e. The van der Waals surface area contributed by atoms with Crippen molar-refractivity contribution in [3.05, 3.63) is 11.8 Å². The summed E-state index contributed by atoms with van der Waals surface area (Å²) in [5.74, 6) is 0.814. The van der Waals surface area contributed by atoms with Crippen molar-refractivity contribution in [3.63, 3.8) is 0 Å². The van der Waals surface area contributed by atoms with E-state index in [1.165, 1.54) is 0 Å². The first-order valence-corrected chi connectivity index (χ1v) is 4.67. The van der Waals surface area contributed by atoms with E-state index in [2.05, 4.69) is 0 Å². The molecule has 0 saturated carbocycles. The zero-order valence-electron chi connectivity index (χ0n) is 8.21. The highest BCUT2D eigenvalue weighted by atomic mass is 16.5. The normalized spacial score (nSPS) is 22.0. The lowest BCUT2D eigenvalue weighted by Crippen LogP contribution is -2.20. The Labute approximate surface area is 78.7 Å². The second kappa shape index (κ2) is 4.90. The minimum atomic E-state index is -0.0925. The van der Waals surface area contributed by atoms with E-state index in [4.69, 9.17) is 9.47 Å². The first-order chi connectivity index (χ1) is 6.27. The topological polar surface area (TPSA) is 35.5 Å². The van der Waals surface area contributed by atoms with Gasteiger partial charge in [0.25, 0.3) is 0 Å². The second-order valence-corrected chi connectivity index (χ2v) is 3.11. The molecule has 0 saturated heterocycles. The van der Waals surface area contributed by atoms with Crippen molar-refractivity contribution in [3.8, 4) is 0 Å². The summed E-state index contributed by atoms with van der Waals surface area (Å²) in [6.07, 6.45) is 4.52. The third kappa shape index (κ3) is 2.76. The fourth-order valence-electron chi connectivity index (χ4n) is 1.50. The minimum Gasteiger partial charge on any atom is -0.501 e. The van der Waals surface area contributed by atoms with Gasteiger partial charge in [0.05, 0.1) is 25.4 Å². The Bertz CT molecular complexity index is 208. The minimum absolute atomic E-state index is 0.0000926. The molecule has 0 aromatic rings. The average molecular weight is 184 g/mol. The van der Waals surface area contributed by atoms with Gasteiger partial charge in [-0.3, -0.25) is 4.79 Å². The zero-order chi connectivity index (χ0) is 9.68. The Kier molecular flexibility index (Phi) is 3.80. The first kappa shape index (κ1) is 10.1. The fraction of sp³-hybridized carbons (Fsp3) is 0.700. The molecule has 0 amide bonds. The quantitative estimate of drug-likeness (QED) is 0.628. The first-order valence-electron chi connectivity index (χ1n) is 4.67. The maximum atomic E-state index is 11.4. The van der Waals surface area contributed by atoms with Gasteiger partial charge in [-0.2, -0.15) is 0 Å². The molecular formula is C10H16O3. The number of methoxy groups -OCH3 is 1. The van der Waals surface area contributed by atoms with Crippen LogP contribution < -0.4 is 0 Å². The van der Waals surface area contributed by atoms with Crippen molar-refractivity contribution in [1.29, 1.82) is 0 Å². The fourth-order valence-corrected chi connectivity index (χ4v) is 1.50. The summed E-state index contributed by atoms with van der Waals surface area (Å²) >= 11 is 0. The van der Waals surface area contributed by atoms with Crippen LogP contribution in [0.3, 0.4) is 0 Å². The highest BCUT2D eigenvalue weighted by Crippen LogP contribution is 2.25. The molecule has 13 heavy (non-hydrogen) atoms. The molecule has 0 N–H and O–H groups in total. The number of carbonyl (C=O) groups excluding carboxylic acids is 1. The standard InChI is InChI=1S/C10H16O3/c1-3-13-10(11)8-5-4-6-9(7-8)12-2/h6,8H,3-5,7H2,1-2H3. The maximum absolute atomic E-state index is 11.4. The molecule has 0 radical (unpaired) electrons. The van der Waals surface area contributed by atoms with Gasteiger partial charge in [-0.1, -0.05) is 0 Å². The summed E-state index contributed by atoms with van der Waals surface area (Å²) in [6.45, 7) is 2.29. The smallest absolute Gasteiger partial charge is 0.309 e. The molecule has 0 fully saturated rings. The van der Waals surface area contributed by atoms with Crippen molar-refractivity contribution in [2.75, 3.05) is 13.7 Å². The van der Waals surface area contributed by atoms with Crippen LogP contribution in [0, 0.1) is 5.92 Å². The van der Waals surface area contributed by atoms with Gasteiger partial charge >= 0.3 is 5.97 Å². The molecule has 0 bridgehead atoms. The molecule has 0 aliphatic heterocycles. The van der Waals surface area contributed by atoms with E-state index in [1.807, 2.05) is 13.0 Å². The van der Waals surface area contributed by atoms with Crippen molar-refractivity contribution in [2.45, 2.75) is 26.2 Å². The van der Waals surface area contributed by atoms with E-state index < -0.39 is 0 Å². The monoisotopic (exact) mass is 184 g/mol. The SMILES string of the molecule is CCOC(=O)C1CCC=C(OC)C1. The Morgan fingerprint density at radius 1 is 1.69 bits per heavy atom. The lowest BCUT2D eigenvalue weighted by Gasteiger charge is -2.19. The summed E-state index contributed by atoms with van der Waals surface area (Å²) in [6, 6.07) is 0. The third-order valence-electron chi connectivity index (χ3n) is 2.22. The number of ether oxygens (including phenoxy) is 2. The van der Waals surface area contributed by atoms with Gasteiger partial charge < -0.3 is 9.47 Å². The molecule has 0 heterocycles. The number of esters is 1. The summed E-state index contributed by atoms with van der Waals surface area (Å²) < 4.78 is 10.1. The number of rotatable bonds is 3. The van der Waals surface area contributed by atoms with Gasteiger partial charge in [0.1, 0.15) is 0 Å². The van der Waals surface area contributed by atoms with Crippen molar-refractivity contribution < 1.29 is 14.3 Å². The van der Waals surface area contributed by atoms with Crippen LogP contribution in [0.2, 0.25) is 0 Å². The van der Waals surface area contributed by atoms with E-state index >= 15 is 0 Å². The molecule has 3 nitrogen and oxygen atoms in total. The number of hydrogen-bond donors (Lipinski definition) is 0. The second-order valence-electron chi connectivity index (χ2n) is 3.11. The Morgan fingerprint density at radius 2 is 2.46 bits per heavy atom. The molecule has 1 rings (SSSR count). The summed E-state index contributed by atoms with van der Waals surface area (Å²) in [5, 5.41) is 0. The van der Waals surface area contributed by atoms with E-state index in [0.29, 0.717) is 13.0 Å². The third-order valence-corrected chi connectivity index (χ3v) is 2.22. The van der Waals surface area contributed by atoms with Crippen LogP contribution >= 0.6 is 0 Å². The van der Waals surface area contributed by atoms with Crippen molar-refractivity contribution >= 4 is 5.97 Å². The van der Waals surface area contributed by atoms with Gasteiger partial charge in [-0.25, -0.2) is 0 Å². The van der Waals surface area contributed by atoms with E-state index in [-0.39, 0.29) is 11.9 Å².